The van der Waals surface area contributed by atoms with Gasteiger partial charge in [0.2, 0.25) is 17.7 Å². The number of hydrogen-bond donors (Lipinski definition) is 2. The Bertz CT molecular complexity index is 2390. The molecule has 6 heterocycles. The SMILES string of the molecule is COc1nc(-c2cccc(-c3ccnc(-c4cnc5c(CNC6CCN(C(C)=O)CC6)cn(C)c5c4)c3Cl)c2Cl)ccc1CN(C[C@@H]1CCC(=O)N1)C(=O)OC(C)(C)C. The summed E-state index contributed by atoms with van der Waals surface area (Å²) in [6, 6.07) is 13.4. The first-order valence-electron chi connectivity index (χ1n) is 19.9. The van der Waals surface area contributed by atoms with Crippen LogP contribution in [-0.2, 0) is 34.5 Å². The van der Waals surface area contributed by atoms with Crippen LogP contribution in [0.25, 0.3) is 44.7 Å². The third kappa shape index (κ3) is 9.48. The average molecular weight is 842 g/mol. The number of amides is 3. The monoisotopic (exact) mass is 840 g/mol. The second-order valence-corrected chi connectivity index (χ2v) is 17.0. The van der Waals surface area contributed by atoms with Crippen LogP contribution >= 0.6 is 23.2 Å². The molecular weight excluding hydrogens is 791 g/mol. The van der Waals surface area contributed by atoms with E-state index in [0.29, 0.717) is 75.0 Å². The molecular formula is C44H50Cl2N8O5. The number of rotatable bonds is 11. The molecule has 2 N–H and O–H groups in total. The van der Waals surface area contributed by atoms with Gasteiger partial charge in [-0.1, -0.05) is 41.4 Å². The second kappa shape index (κ2) is 17.5. The molecule has 2 aliphatic heterocycles. The van der Waals surface area contributed by atoms with Gasteiger partial charge in [0.1, 0.15) is 5.60 Å². The average Bonchev–Trinajstić information content (AvgIpc) is 3.77. The Kier molecular flexibility index (Phi) is 12.5. The quantitative estimate of drug-likeness (QED) is 0.136. The Balaban J connectivity index is 1.12. The zero-order valence-electron chi connectivity index (χ0n) is 34.3. The lowest BCUT2D eigenvalue weighted by molar-refractivity contribution is -0.130. The predicted octanol–water partition coefficient (Wildman–Crippen LogP) is 7.80. The Hall–Kier alpha value is -5.24. The molecule has 2 aliphatic rings. The van der Waals surface area contributed by atoms with E-state index in [-0.39, 0.29) is 30.9 Å². The van der Waals surface area contributed by atoms with Crippen LogP contribution in [0.15, 0.2) is 61.1 Å². The van der Waals surface area contributed by atoms with Gasteiger partial charge in [0, 0.05) is 111 Å². The van der Waals surface area contributed by atoms with Crippen molar-refractivity contribution in [1.82, 2.24) is 40.0 Å². The molecule has 0 unspecified atom stereocenters. The van der Waals surface area contributed by atoms with Crippen LogP contribution in [0.1, 0.15) is 64.5 Å². The summed E-state index contributed by atoms with van der Waals surface area (Å²) in [6.07, 6.45) is 8.02. The van der Waals surface area contributed by atoms with E-state index in [2.05, 4.69) is 32.4 Å². The number of aromatic nitrogens is 4. The topological polar surface area (TPSA) is 144 Å². The van der Waals surface area contributed by atoms with Crippen LogP contribution in [0.4, 0.5) is 4.79 Å². The molecule has 15 heteroatoms. The lowest BCUT2D eigenvalue weighted by Crippen LogP contribution is -2.43. The van der Waals surface area contributed by atoms with Crippen LogP contribution < -0.4 is 15.4 Å². The fourth-order valence-electron chi connectivity index (χ4n) is 7.77. The molecule has 2 saturated heterocycles. The summed E-state index contributed by atoms with van der Waals surface area (Å²) >= 11 is 14.4. The normalized spacial score (nSPS) is 16.0. The fraction of sp³-hybridized carbons (Fsp3) is 0.409. The van der Waals surface area contributed by atoms with Crippen molar-refractivity contribution in [3.05, 3.63) is 82.2 Å². The van der Waals surface area contributed by atoms with Crippen molar-refractivity contribution in [2.75, 3.05) is 26.7 Å². The van der Waals surface area contributed by atoms with Crippen LogP contribution in [0.2, 0.25) is 10.0 Å². The van der Waals surface area contributed by atoms with Gasteiger partial charge in [-0.3, -0.25) is 19.6 Å². The van der Waals surface area contributed by atoms with Crippen molar-refractivity contribution in [3.63, 3.8) is 0 Å². The maximum absolute atomic E-state index is 13.3. The van der Waals surface area contributed by atoms with Gasteiger partial charge in [-0.2, -0.15) is 0 Å². The summed E-state index contributed by atoms with van der Waals surface area (Å²) in [5.41, 5.74) is 6.90. The van der Waals surface area contributed by atoms with Crippen LogP contribution in [0, 0.1) is 0 Å². The van der Waals surface area contributed by atoms with Crippen molar-refractivity contribution >= 4 is 52.1 Å². The Morgan fingerprint density at radius 2 is 1.75 bits per heavy atom. The van der Waals surface area contributed by atoms with Crippen molar-refractivity contribution in [2.24, 2.45) is 7.05 Å². The summed E-state index contributed by atoms with van der Waals surface area (Å²) in [5, 5.41) is 7.48. The molecule has 1 aromatic carbocycles. The number of carbonyl (C=O) groups excluding carboxylic acids is 3. The van der Waals surface area contributed by atoms with Gasteiger partial charge >= 0.3 is 6.09 Å². The number of piperidine rings is 1. The van der Waals surface area contributed by atoms with Gasteiger partial charge in [-0.25, -0.2) is 9.78 Å². The third-order valence-corrected chi connectivity index (χ3v) is 11.6. The van der Waals surface area contributed by atoms with Crippen LogP contribution in [0.5, 0.6) is 5.88 Å². The molecule has 0 aliphatic carbocycles. The number of aryl methyl sites for hydroxylation is 1. The predicted molar refractivity (Wildman–Crippen MR) is 229 cm³/mol. The second-order valence-electron chi connectivity index (χ2n) is 16.2. The van der Waals surface area contributed by atoms with Gasteiger partial charge in [0.05, 0.1) is 46.1 Å². The molecule has 7 rings (SSSR count). The number of nitrogens with zero attached hydrogens (tertiary/aromatic N) is 6. The van der Waals surface area contributed by atoms with E-state index in [0.717, 1.165) is 48.1 Å². The van der Waals surface area contributed by atoms with Gasteiger partial charge < -0.3 is 34.5 Å². The molecule has 3 amide bonds. The highest BCUT2D eigenvalue weighted by atomic mass is 35.5. The molecule has 5 aromatic rings. The summed E-state index contributed by atoms with van der Waals surface area (Å²) in [5.74, 6) is 0.427. The number of fused-ring (bicyclic) bond motifs is 1. The molecule has 13 nitrogen and oxygen atoms in total. The standard InChI is InChI=1S/C44H50Cl2N8O5/c1-26(55)53-18-15-30(16-19-53)48-22-29-23-52(5)36-20-28(21-49-40(29)36)41-39(46)33(14-17-47-41)32-8-7-9-34(38(32)45)35-12-10-27(42(51-35)58-6)24-54(43(57)59-44(2,3)4)25-31-11-13-37(56)50-31/h7-10,12,14,17,20-21,23,30-31,48H,11,13,15-16,18-19,22,24-25H2,1-6H3,(H,50,56)/t31-/m0/s1. The Morgan fingerprint density at radius 1 is 1.00 bits per heavy atom. The van der Waals surface area contributed by atoms with E-state index < -0.39 is 11.7 Å². The van der Waals surface area contributed by atoms with E-state index in [1.165, 1.54) is 7.11 Å². The largest absolute Gasteiger partial charge is 0.481 e. The first kappa shape index (κ1) is 41.9. The zero-order chi connectivity index (χ0) is 42.0. The maximum atomic E-state index is 13.3. The Labute approximate surface area is 354 Å². The van der Waals surface area contributed by atoms with E-state index in [1.807, 2.05) is 69.1 Å². The molecule has 59 heavy (non-hydrogen) atoms. The summed E-state index contributed by atoms with van der Waals surface area (Å²) in [7, 11) is 3.53. The van der Waals surface area contributed by atoms with Crippen molar-refractivity contribution < 1.29 is 23.9 Å². The van der Waals surface area contributed by atoms with Crippen molar-refractivity contribution in [1.29, 1.82) is 0 Å². The number of benzene rings is 1. The number of carbonyl (C=O) groups is 3. The van der Waals surface area contributed by atoms with E-state index in [1.54, 1.807) is 24.2 Å². The first-order valence-corrected chi connectivity index (χ1v) is 20.6. The lowest BCUT2D eigenvalue weighted by atomic mass is 9.99. The first-order chi connectivity index (χ1) is 28.2. The number of hydrogen-bond acceptors (Lipinski definition) is 9. The van der Waals surface area contributed by atoms with E-state index in [9.17, 15) is 14.4 Å². The molecule has 0 bridgehead atoms. The highest BCUT2D eigenvalue weighted by Crippen LogP contribution is 2.42. The highest BCUT2D eigenvalue weighted by Gasteiger charge is 2.30. The molecule has 1 atom stereocenters. The lowest BCUT2D eigenvalue weighted by Gasteiger charge is -2.31. The molecule has 0 saturated carbocycles. The minimum atomic E-state index is -0.702. The van der Waals surface area contributed by atoms with E-state index >= 15 is 0 Å². The van der Waals surface area contributed by atoms with E-state index in [4.69, 9.17) is 42.6 Å². The van der Waals surface area contributed by atoms with Crippen LogP contribution in [-0.4, -0.2) is 91.7 Å². The number of likely N-dealkylation sites (tertiary alicyclic amines) is 1. The van der Waals surface area contributed by atoms with Gasteiger partial charge in [0.25, 0.3) is 0 Å². The molecule has 2 fully saturated rings. The molecule has 310 valence electrons. The van der Waals surface area contributed by atoms with Gasteiger partial charge in [-0.05, 0) is 64.3 Å². The zero-order valence-corrected chi connectivity index (χ0v) is 35.8. The number of ether oxygens (including phenoxy) is 2. The number of halogens is 2. The number of methoxy groups -OCH3 is 1. The summed E-state index contributed by atoms with van der Waals surface area (Å²) in [4.78, 5) is 54.9. The number of pyridine rings is 3. The summed E-state index contributed by atoms with van der Waals surface area (Å²) < 4.78 is 13.5. The third-order valence-electron chi connectivity index (χ3n) is 10.8. The number of nitrogens with one attached hydrogen (secondary N) is 2. The van der Waals surface area contributed by atoms with Crippen molar-refractivity contribution in [2.45, 2.75) is 84.2 Å². The van der Waals surface area contributed by atoms with Gasteiger partial charge in [-0.15, -0.1) is 0 Å². The maximum Gasteiger partial charge on any atom is 0.410 e. The minimum absolute atomic E-state index is 0.0322. The molecule has 0 spiro atoms. The minimum Gasteiger partial charge on any atom is -0.481 e. The van der Waals surface area contributed by atoms with Gasteiger partial charge in [0.15, 0.2) is 0 Å². The highest BCUT2D eigenvalue weighted by molar-refractivity contribution is 6.39. The fourth-order valence-corrected chi connectivity index (χ4v) is 8.42. The summed E-state index contributed by atoms with van der Waals surface area (Å²) in [6.45, 7) is 9.73. The molecule has 0 radical (unpaired) electrons. The van der Waals surface area contributed by atoms with Crippen molar-refractivity contribution in [3.8, 4) is 39.5 Å². The Morgan fingerprint density at radius 3 is 2.44 bits per heavy atom. The smallest absolute Gasteiger partial charge is 0.410 e. The molecule has 4 aromatic heterocycles. The van der Waals surface area contributed by atoms with Crippen LogP contribution in [0.3, 0.4) is 0 Å².